The Balaban J connectivity index is 2.28. The number of hydrogen-bond donors (Lipinski definition) is 1. The lowest BCUT2D eigenvalue weighted by atomic mass is 10.5. The van der Waals surface area contributed by atoms with Crippen LogP contribution in [0.1, 0.15) is 0 Å². The number of ether oxygens (including phenoxy) is 1. The monoisotopic (exact) mass is 246 g/mol. The molecule has 0 amide bonds. The van der Waals surface area contributed by atoms with Crippen molar-refractivity contribution in [1.82, 2.24) is 19.9 Å². The maximum atomic E-state index is 11.9. The molecule has 0 aliphatic heterocycles. The highest BCUT2D eigenvalue weighted by Gasteiger charge is 2.29. The van der Waals surface area contributed by atoms with E-state index in [-0.39, 0.29) is 11.2 Å². The third-order valence-electron chi connectivity index (χ3n) is 1.67. The summed E-state index contributed by atoms with van der Waals surface area (Å²) in [7, 11) is 0. The maximum absolute atomic E-state index is 11.9. The highest BCUT2D eigenvalue weighted by atomic mass is 19.4. The number of aromatic nitrogens is 4. The summed E-state index contributed by atoms with van der Waals surface area (Å²) in [6.07, 6.45) is -2.30. The Bertz CT molecular complexity index is 595. The van der Waals surface area contributed by atoms with Crippen molar-refractivity contribution in [2.75, 3.05) is 6.61 Å². The van der Waals surface area contributed by atoms with E-state index in [2.05, 4.69) is 24.7 Å². The van der Waals surface area contributed by atoms with Crippen LogP contribution in [0.4, 0.5) is 13.2 Å². The van der Waals surface area contributed by atoms with E-state index in [1.807, 2.05) is 0 Å². The van der Waals surface area contributed by atoms with Crippen LogP contribution in [0, 0.1) is 0 Å². The van der Waals surface area contributed by atoms with Gasteiger partial charge in [-0.25, -0.2) is 9.97 Å². The molecule has 2 aromatic rings. The van der Waals surface area contributed by atoms with Crippen LogP contribution >= 0.6 is 0 Å². The number of fused-ring (bicyclic) bond motifs is 1. The molecule has 90 valence electrons. The lowest BCUT2D eigenvalue weighted by Crippen LogP contribution is -2.20. The maximum Gasteiger partial charge on any atom is 0.422 e. The minimum atomic E-state index is -4.47. The van der Waals surface area contributed by atoms with Crippen molar-refractivity contribution in [2.24, 2.45) is 0 Å². The Kier molecular flexibility index (Phi) is 2.66. The number of nitrogens with one attached hydrogen (secondary N) is 1. The van der Waals surface area contributed by atoms with Gasteiger partial charge in [0.15, 0.2) is 12.3 Å². The van der Waals surface area contributed by atoms with Crippen LogP contribution in [0.15, 0.2) is 17.2 Å². The van der Waals surface area contributed by atoms with Crippen LogP contribution < -0.4 is 10.3 Å². The van der Waals surface area contributed by atoms with Crippen molar-refractivity contribution >= 4 is 11.2 Å². The zero-order valence-corrected chi connectivity index (χ0v) is 8.15. The molecule has 0 aliphatic carbocycles. The fraction of sp³-hybridized carbons (Fsp3) is 0.250. The zero-order chi connectivity index (χ0) is 12.5. The van der Waals surface area contributed by atoms with E-state index in [9.17, 15) is 18.0 Å². The van der Waals surface area contributed by atoms with E-state index < -0.39 is 24.4 Å². The molecule has 2 rings (SSSR count). The van der Waals surface area contributed by atoms with E-state index in [1.165, 1.54) is 0 Å². The van der Waals surface area contributed by atoms with Crippen molar-refractivity contribution in [3.63, 3.8) is 0 Å². The Labute approximate surface area is 91.5 Å². The highest BCUT2D eigenvalue weighted by molar-refractivity contribution is 5.67. The number of hydrogen-bond acceptors (Lipinski definition) is 5. The van der Waals surface area contributed by atoms with Crippen LogP contribution in [0.2, 0.25) is 0 Å². The topological polar surface area (TPSA) is 80.8 Å². The molecule has 0 saturated heterocycles. The van der Waals surface area contributed by atoms with Crippen molar-refractivity contribution < 1.29 is 17.9 Å². The molecule has 0 saturated carbocycles. The Morgan fingerprint density at radius 2 is 2.06 bits per heavy atom. The predicted molar refractivity (Wildman–Crippen MR) is 49.5 cm³/mol. The SMILES string of the molecule is O=c1cnc2cnc(OCC(F)(F)F)nc2[nH]1. The number of halogens is 3. The molecule has 0 spiro atoms. The van der Waals surface area contributed by atoms with Crippen LogP contribution in [-0.4, -0.2) is 32.7 Å². The summed E-state index contributed by atoms with van der Waals surface area (Å²) < 4.78 is 39.9. The third kappa shape index (κ3) is 2.89. The number of rotatable bonds is 2. The quantitative estimate of drug-likeness (QED) is 0.841. The van der Waals surface area contributed by atoms with Crippen molar-refractivity contribution in [3.8, 4) is 6.01 Å². The standard InChI is InChI=1S/C8H5F3N4O2/c9-8(10,11)3-17-7-13-1-4-6(15-7)14-5(16)2-12-4/h1-2H,3H2,(H,13,14,15,16). The van der Waals surface area contributed by atoms with Gasteiger partial charge in [0, 0.05) is 0 Å². The van der Waals surface area contributed by atoms with Gasteiger partial charge in [0.25, 0.3) is 5.56 Å². The van der Waals surface area contributed by atoms with Crippen LogP contribution in [-0.2, 0) is 0 Å². The molecule has 0 aromatic carbocycles. The lowest BCUT2D eigenvalue weighted by molar-refractivity contribution is -0.154. The third-order valence-corrected chi connectivity index (χ3v) is 1.67. The van der Waals surface area contributed by atoms with Gasteiger partial charge in [-0.15, -0.1) is 0 Å². The van der Waals surface area contributed by atoms with E-state index in [1.54, 1.807) is 0 Å². The zero-order valence-electron chi connectivity index (χ0n) is 8.15. The summed E-state index contributed by atoms with van der Waals surface area (Å²) in [5.74, 6) is 0. The minimum Gasteiger partial charge on any atom is -0.454 e. The summed E-state index contributed by atoms with van der Waals surface area (Å²) >= 11 is 0. The van der Waals surface area contributed by atoms with Gasteiger partial charge in [-0.1, -0.05) is 0 Å². The van der Waals surface area contributed by atoms with Gasteiger partial charge in [0.05, 0.1) is 12.4 Å². The molecule has 0 fully saturated rings. The van der Waals surface area contributed by atoms with E-state index >= 15 is 0 Å². The second-order valence-electron chi connectivity index (χ2n) is 3.04. The molecule has 2 aromatic heterocycles. The predicted octanol–water partition coefficient (Wildman–Crippen LogP) is 0.654. The molecule has 0 atom stereocenters. The Hall–Kier alpha value is -2.19. The lowest BCUT2D eigenvalue weighted by Gasteiger charge is -2.07. The minimum absolute atomic E-state index is 0.0182. The van der Waals surface area contributed by atoms with E-state index in [0.29, 0.717) is 0 Å². The number of H-pyrrole nitrogens is 1. The van der Waals surface area contributed by atoms with Gasteiger partial charge in [-0.05, 0) is 0 Å². The van der Waals surface area contributed by atoms with Gasteiger partial charge >= 0.3 is 12.2 Å². The molecule has 17 heavy (non-hydrogen) atoms. The first-order valence-electron chi connectivity index (χ1n) is 4.36. The number of nitrogens with zero attached hydrogens (tertiary/aromatic N) is 3. The summed E-state index contributed by atoms with van der Waals surface area (Å²) in [5, 5.41) is 0. The first kappa shape index (κ1) is 11.3. The van der Waals surface area contributed by atoms with Crippen LogP contribution in [0.5, 0.6) is 6.01 Å². The summed E-state index contributed by atoms with van der Waals surface area (Å²) in [5.41, 5.74) is -0.244. The molecule has 0 aliphatic rings. The number of aromatic amines is 1. The van der Waals surface area contributed by atoms with Gasteiger partial charge in [0.2, 0.25) is 0 Å². The normalized spacial score (nSPS) is 11.7. The van der Waals surface area contributed by atoms with Gasteiger partial charge in [0.1, 0.15) is 5.52 Å². The van der Waals surface area contributed by atoms with Gasteiger partial charge < -0.3 is 9.72 Å². The van der Waals surface area contributed by atoms with E-state index in [4.69, 9.17) is 0 Å². The average molecular weight is 246 g/mol. The molecule has 0 bridgehead atoms. The molecule has 0 radical (unpaired) electrons. The first-order valence-corrected chi connectivity index (χ1v) is 4.36. The molecular weight excluding hydrogens is 241 g/mol. The van der Waals surface area contributed by atoms with Crippen LogP contribution in [0.3, 0.4) is 0 Å². The Morgan fingerprint density at radius 1 is 1.29 bits per heavy atom. The molecular formula is C8H5F3N4O2. The molecule has 9 heteroatoms. The fourth-order valence-electron chi connectivity index (χ4n) is 1.04. The second kappa shape index (κ2) is 4.00. The first-order chi connectivity index (χ1) is 7.94. The average Bonchev–Trinajstić information content (AvgIpc) is 2.24. The smallest absolute Gasteiger partial charge is 0.422 e. The van der Waals surface area contributed by atoms with Gasteiger partial charge in [-0.3, -0.25) is 4.79 Å². The summed E-state index contributed by atoms with van der Waals surface area (Å²) in [4.78, 5) is 24.0. The largest absolute Gasteiger partial charge is 0.454 e. The van der Waals surface area contributed by atoms with Crippen LogP contribution in [0.25, 0.3) is 11.2 Å². The van der Waals surface area contributed by atoms with Crippen molar-refractivity contribution in [1.29, 1.82) is 0 Å². The molecule has 6 nitrogen and oxygen atoms in total. The molecule has 0 unspecified atom stereocenters. The number of alkyl halides is 3. The summed E-state index contributed by atoms with van der Waals surface area (Å²) in [6.45, 7) is -1.50. The fourth-order valence-corrected chi connectivity index (χ4v) is 1.04. The summed E-state index contributed by atoms with van der Waals surface area (Å²) in [6, 6.07) is -0.474. The molecule has 1 N–H and O–H groups in total. The second-order valence-corrected chi connectivity index (χ2v) is 3.04. The Morgan fingerprint density at radius 3 is 2.76 bits per heavy atom. The van der Waals surface area contributed by atoms with Gasteiger partial charge in [-0.2, -0.15) is 18.2 Å². The highest BCUT2D eigenvalue weighted by Crippen LogP contribution is 2.16. The van der Waals surface area contributed by atoms with Crippen molar-refractivity contribution in [2.45, 2.75) is 6.18 Å². The van der Waals surface area contributed by atoms with Crippen molar-refractivity contribution in [3.05, 3.63) is 22.7 Å². The van der Waals surface area contributed by atoms with E-state index in [0.717, 1.165) is 12.4 Å². The molecule has 2 heterocycles.